The molecule has 0 spiro atoms. The third kappa shape index (κ3) is 2.87. The molecule has 0 saturated heterocycles. The van der Waals surface area contributed by atoms with Gasteiger partial charge in [-0.25, -0.2) is 0 Å². The summed E-state index contributed by atoms with van der Waals surface area (Å²) in [6.45, 7) is 0.902. The monoisotopic (exact) mass is 230 g/mol. The summed E-state index contributed by atoms with van der Waals surface area (Å²) in [5, 5.41) is 0.956. The third-order valence-corrected chi connectivity index (χ3v) is 2.42. The molecule has 88 valence electrons. The quantitative estimate of drug-likeness (QED) is 0.622. The van der Waals surface area contributed by atoms with Crippen LogP contribution < -0.4 is 5.73 Å². The highest BCUT2D eigenvalue weighted by Crippen LogP contribution is 2.13. The van der Waals surface area contributed by atoms with Gasteiger partial charge in [-0.3, -0.25) is 9.78 Å². The van der Waals surface area contributed by atoms with Gasteiger partial charge in [0, 0.05) is 23.7 Å². The number of nitrogens with zero attached hydrogens (tertiary/aromatic N) is 1. The number of pyridine rings is 1. The first-order chi connectivity index (χ1) is 8.31. The fourth-order valence-corrected chi connectivity index (χ4v) is 1.58. The number of carbonyl (C=O) groups excluding carboxylic acids is 1. The van der Waals surface area contributed by atoms with Crippen LogP contribution in [0.4, 0.5) is 0 Å². The summed E-state index contributed by atoms with van der Waals surface area (Å²) in [5.74, 6) is -0.0378. The molecule has 4 heteroatoms. The van der Waals surface area contributed by atoms with Gasteiger partial charge in [0.2, 0.25) is 0 Å². The number of aromatic nitrogens is 1. The van der Waals surface area contributed by atoms with Crippen molar-refractivity contribution in [2.24, 2.45) is 5.73 Å². The van der Waals surface area contributed by atoms with Crippen molar-refractivity contribution in [2.45, 2.75) is 0 Å². The van der Waals surface area contributed by atoms with Crippen LogP contribution in [0.1, 0.15) is 10.4 Å². The van der Waals surface area contributed by atoms with E-state index in [0.717, 1.165) is 10.9 Å². The molecule has 1 heterocycles. The molecule has 0 bridgehead atoms. The summed E-state index contributed by atoms with van der Waals surface area (Å²) >= 11 is 0. The zero-order valence-corrected chi connectivity index (χ0v) is 9.43. The molecule has 0 saturated carbocycles. The Kier molecular flexibility index (Phi) is 3.80. The molecule has 1 aromatic heterocycles. The lowest BCUT2D eigenvalue weighted by Gasteiger charge is -2.03. The molecule has 0 amide bonds. The Hall–Kier alpha value is -1.78. The van der Waals surface area contributed by atoms with Crippen molar-refractivity contribution >= 4 is 16.7 Å². The van der Waals surface area contributed by atoms with E-state index in [0.29, 0.717) is 18.7 Å². The smallest absolute Gasteiger partial charge is 0.188 e. The molecule has 2 aromatic rings. The van der Waals surface area contributed by atoms with Crippen LogP contribution >= 0.6 is 0 Å². The molecule has 0 aliphatic rings. The normalized spacial score (nSPS) is 10.6. The summed E-state index contributed by atoms with van der Waals surface area (Å²) in [5.41, 5.74) is 6.81. The molecule has 0 aliphatic heterocycles. The van der Waals surface area contributed by atoms with Crippen molar-refractivity contribution in [3.05, 3.63) is 42.1 Å². The molecular formula is C13H14N2O2. The number of hydrogen-bond donors (Lipinski definition) is 1. The lowest BCUT2D eigenvalue weighted by atomic mass is 10.1. The highest BCUT2D eigenvalue weighted by Gasteiger charge is 2.06. The fraction of sp³-hybridized carbons (Fsp3) is 0.231. The third-order valence-electron chi connectivity index (χ3n) is 2.42. The highest BCUT2D eigenvalue weighted by atomic mass is 16.5. The van der Waals surface area contributed by atoms with Crippen LogP contribution in [0.15, 0.2) is 36.5 Å². The summed E-state index contributed by atoms with van der Waals surface area (Å²) in [4.78, 5) is 16.0. The van der Waals surface area contributed by atoms with Gasteiger partial charge in [0.05, 0.1) is 12.1 Å². The van der Waals surface area contributed by atoms with Crippen LogP contribution in [0.5, 0.6) is 0 Å². The average Bonchev–Trinajstić information content (AvgIpc) is 2.38. The van der Waals surface area contributed by atoms with Gasteiger partial charge in [-0.15, -0.1) is 0 Å². The number of ketones is 1. The van der Waals surface area contributed by atoms with Crippen molar-refractivity contribution in [1.29, 1.82) is 0 Å². The number of nitrogens with two attached hydrogens (primary N) is 1. The lowest BCUT2D eigenvalue weighted by molar-refractivity contribution is 0.0774. The van der Waals surface area contributed by atoms with Crippen molar-refractivity contribution < 1.29 is 9.53 Å². The summed E-state index contributed by atoms with van der Waals surface area (Å²) in [6.07, 6.45) is 1.73. The highest BCUT2D eigenvalue weighted by molar-refractivity contribution is 6.00. The number of benzene rings is 1. The number of ether oxygens (including phenoxy) is 1. The van der Waals surface area contributed by atoms with E-state index < -0.39 is 0 Å². The summed E-state index contributed by atoms with van der Waals surface area (Å²) in [7, 11) is 0. The second kappa shape index (κ2) is 5.52. The van der Waals surface area contributed by atoms with Gasteiger partial charge in [-0.05, 0) is 24.3 Å². The summed E-state index contributed by atoms with van der Waals surface area (Å²) < 4.78 is 5.12. The zero-order valence-electron chi connectivity index (χ0n) is 9.43. The van der Waals surface area contributed by atoms with Crippen molar-refractivity contribution in [3.8, 4) is 0 Å². The number of Topliss-reactive ketones (excluding diaryl/α,β-unsaturated/α-hetero) is 1. The summed E-state index contributed by atoms with van der Waals surface area (Å²) in [6, 6.07) is 9.22. The number of fused-ring (bicyclic) bond motifs is 1. The maximum Gasteiger partial charge on any atom is 0.188 e. The molecule has 0 fully saturated rings. The Morgan fingerprint density at radius 3 is 3.06 bits per heavy atom. The van der Waals surface area contributed by atoms with Crippen LogP contribution in [0, 0.1) is 0 Å². The van der Waals surface area contributed by atoms with E-state index in [9.17, 15) is 4.79 Å². The van der Waals surface area contributed by atoms with E-state index in [-0.39, 0.29) is 12.4 Å². The van der Waals surface area contributed by atoms with E-state index in [2.05, 4.69) is 4.98 Å². The minimum Gasteiger partial charge on any atom is -0.372 e. The van der Waals surface area contributed by atoms with Crippen LogP contribution in [0.3, 0.4) is 0 Å². The van der Waals surface area contributed by atoms with Gasteiger partial charge >= 0.3 is 0 Å². The lowest BCUT2D eigenvalue weighted by Crippen LogP contribution is -2.14. The predicted octanol–water partition coefficient (Wildman–Crippen LogP) is 1.39. The Bertz CT molecular complexity index is 526. The second-order valence-corrected chi connectivity index (χ2v) is 3.68. The minimum atomic E-state index is -0.0378. The number of rotatable bonds is 5. The Morgan fingerprint density at radius 1 is 1.35 bits per heavy atom. The van der Waals surface area contributed by atoms with E-state index >= 15 is 0 Å². The van der Waals surface area contributed by atoms with Crippen molar-refractivity contribution in [3.63, 3.8) is 0 Å². The topological polar surface area (TPSA) is 65.2 Å². The van der Waals surface area contributed by atoms with Gasteiger partial charge in [0.25, 0.3) is 0 Å². The van der Waals surface area contributed by atoms with E-state index in [1.54, 1.807) is 12.3 Å². The maximum absolute atomic E-state index is 11.8. The Labute approximate surface area is 99.4 Å². The molecular weight excluding hydrogens is 216 g/mol. The van der Waals surface area contributed by atoms with Gasteiger partial charge in [0.1, 0.15) is 6.61 Å². The first-order valence-corrected chi connectivity index (χ1v) is 5.47. The largest absolute Gasteiger partial charge is 0.372 e. The first kappa shape index (κ1) is 11.7. The molecule has 0 atom stereocenters. The molecule has 2 N–H and O–H groups in total. The fourth-order valence-electron chi connectivity index (χ4n) is 1.58. The van der Waals surface area contributed by atoms with Crippen molar-refractivity contribution in [2.75, 3.05) is 19.8 Å². The molecule has 4 nitrogen and oxygen atoms in total. The maximum atomic E-state index is 11.8. The molecule has 1 aromatic carbocycles. The number of carbonyl (C=O) groups is 1. The van der Waals surface area contributed by atoms with Gasteiger partial charge < -0.3 is 10.5 Å². The van der Waals surface area contributed by atoms with E-state index in [1.165, 1.54) is 0 Å². The minimum absolute atomic E-state index is 0.0378. The molecule has 2 rings (SSSR count). The molecule has 0 aliphatic carbocycles. The molecule has 0 unspecified atom stereocenters. The van der Waals surface area contributed by atoms with Crippen molar-refractivity contribution in [1.82, 2.24) is 4.98 Å². The zero-order chi connectivity index (χ0) is 12.1. The Morgan fingerprint density at radius 2 is 2.24 bits per heavy atom. The van der Waals surface area contributed by atoms with Gasteiger partial charge in [0.15, 0.2) is 5.78 Å². The molecule has 0 radical (unpaired) electrons. The van der Waals surface area contributed by atoms with Crippen LogP contribution in [-0.2, 0) is 4.74 Å². The first-order valence-electron chi connectivity index (χ1n) is 5.47. The van der Waals surface area contributed by atoms with E-state index in [1.807, 2.05) is 24.3 Å². The molecule has 17 heavy (non-hydrogen) atoms. The average molecular weight is 230 g/mol. The van der Waals surface area contributed by atoms with Gasteiger partial charge in [-0.1, -0.05) is 6.07 Å². The Balaban J connectivity index is 2.15. The van der Waals surface area contributed by atoms with Crippen LogP contribution in [0.2, 0.25) is 0 Å². The standard InChI is InChI=1S/C13H14N2O2/c14-5-7-17-9-13(16)11-3-4-12-10(8-11)2-1-6-15-12/h1-4,6,8H,5,7,9,14H2. The SMILES string of the molecule is NCCOCC(=O)c1ccc2ncccc2c1. The predicted molar refractivity (Wildman–Crippen MR) is 65.9 cm³/mol. The van der Waals surface area contributed by atoms with Crippen LogP contribution in [0.25, 0.3) is 10.9 Å². The van der Waals surface area contributed by atoms with Crippen LogP contribution in [-0.4, -0.2) is 30.5 Å². The second-order valence-electron chi connectivity index (χ2n) is 3.68. The van der Waals surface area contributed by atoms with Gasteiger partial charge in [-0.2, -0.15) is 0 Å². The number of hydrogen-bond acceptors (Lipinski definition) is 4. The van der Waals surface area contributed by atoms with E-state index in [4.69, 9.17) is 10.5 Å².